The molecule has 1 saturated heterocycles. The Balaban J connectivity index is 2.65. The predicted octanol–water partition coefficient (Wildman–Crippen LogP) is -0.0440. The van der Waals surface area contributed by atoms with Crippen LogP contribution >= 0.6 is 0 Å². The van der Waals surface area contributed by atoms with Crippen LogP contribution in [-0.2, 0) is 11.4 Å². The maximum atomic E-state index is 10.9. The molecule has 1 aliphatic heterocycles. The second-order valence-electron chi connectivity index (χ2n) is 2.06. The molecule has 0 aromatic heterocycles. The van der Waals surface area contributed by atoms with E-state index in [4.69, 9.17) is 0 Å². The highest BCUT2D eigenvalue weighted by Gasteiger charge is 2.29. The average molecular weight is 146 g/mol. The zero-order chi connectivity index (χ0) is 7.02. The SMILES string of the molecule is C=C1N(C)C[S+]([O-])N1C. The van der Waals surface area contributed by atoms with E-state index in [0.717, 1.165) is 5.82 Å². The van der Waals surface area contributed by atoms with Gasteiger partial charge in [0.1, 0.15) is 5.82 Å². The molecular weight excluding hydrogens is 136 g/mol. The van der Waals surface area contributed by atoms with Gasteiger partial charge in [0.25, 0.3) is 0 Å². The van der Waals surface area contributed by atoms with E-state index in [0.29, 0.717) is 5.88 Å². The van der Waals surface area contributed by atoms with Crippen LogP contribution in [0.5, 0.6) is 0 Å². The fourth-order valence-corrected chi connectivity index (χ4v) is 1.71. The van der Waals surface area contributed by atoms with Crippen molar-refractivity contribution in [3.63, 3.8) is 0 Å². The van der Waals surface area contributed by atoms with Crippen molar-refractivity contribution in [2.75, 3.05) is 20.0 Å². The van der Waals surface area contributed by atoms with Gasteiger partial charge in [-0.1, -0.05) is 6.58 Å². The number of nitrogens with zero attached hydrogens (tertiary/aromatic N) is 2. The van der Waals surface area contributed by atoms with Gasteiger partial charge in [0.2, 0.25) is 5.88 Å². The first kappa shape index (κ1) is 6.77. The molecule has 0 aliphatic carbocycles. The molecule has 9 heavy (non-hydrogen) atoms. The van der Waals surface area contributed by atoms with Crippen molar-refractivity contribution < 1.29 is 4.55 Å². The van der Waals surface area contributed by atoms with Crippen molar-refractivity contribution in [2.45, 2.75) is 0 Å². The summed E-state index contributed by atoms with van der Waals surface area (Å²) in [5.74, 6) is 1.41. The van der Waals surface area contributed by atoms with Crippen LogP contribution in [0, 0.1) is 0 Å². The van der Waals surface area contributed by atoms with Crippen LogP contribution in [0.4, 0.5) is 0 Å². The maximum absolute atomic E-state index is 10.9. The van der Waals surface area contributed by atoms with Crippen LogP contribution in [0.2, 0.25) is 0 Å². The molecule has 0 bridgehead atoms. The van der Waals surface area contributed by atoms with Crippen molar-refractivity contribution in [2.24, 2.45) is 0 Å². The van der Waals surface area contributed by atoms with E-state index in [9.17, 15) is 4.55 Å². The zero-order valence-electron chi connectivity index (χ0n) is 5.63. The second-order valence-corrected chi connectivity index (χ2v) is 3.51. The van der Waals surface area contributed by atoms with Crippen molar-refractivity contribution in [1.29, 1.82) is 0 Å². The van der Waals surface area contributed by atoms with Crippen LogP contribution in [0.3, 0.4) is 0 Å². The van der Waals surface area contributed by atoms with Crippen LogP contribution in [0.25, 0.3) is 0 Å². The molecule has 0 spiro atoms. The molecule has 1 atom stereocenters. The lowest BCUT2D eigenvalue weighted by molar-refractivity contribution is 0.438. The largest absolute Gasteiger partial charge is 0.591 e. The van der Waals surface area contributed by atoms with E-state index in [1.54, 1.807) is 11.4 Å². The summed E-state index contributed by atoms with van der Waals surface area (Å²) in [4.78, 5) is 1.87. The zero-order valence-corrected chi connectivity index (χ0v) is 6.44. The van der Waals surface area contributed by atoms with Crippen LogP contribution in [0.15, 0.2) is 12.4 Å². The summed E-state index contributed by atoms with van der Waals surface area (Å²) < 4.78 is 12.6. The molecule has 0 aromatic rings. The van der Waals surface area contributed by atoms with Gasteiger partial charge in [0, 0.05) is 7.05 Å². The molecule has 0 saturated carbocycles. The lowest BCUT2D eigenvalue weighted by atomic mass is 10.7. The van der Waals surface area contributed by atoms with Gasteiger partial charge in [-0.25, -0.2) is 0 Å². The van der Waals surface area contributed by atoms with Crippen LogP contribution < -0.4 is 0 Å². The second kappa shape index (κ2) is 2.11. The first-order valence-electron chi connectivity index (χ1n) is 2.65. The van der Waals surface area contributed by atoms with Gasteiger partial charge in [-0.05, 0) is 0 Å². The summed E-state index contributed by atoms with van der Waals surface area (Å²) >= 11 is -0.868. The Kier molecular flexibility index (Phi) is 1.59. The number of hydrogen-bond donors (Lipinski definition) is 0. The minimum Gasteiger partial charge on any atom is -0.591 e. The first-order valence-corrected chi connectivity index (χ1v) is 3.93. The van der Waals surface area contributed by atoms with Gasteiger partial charge in [-0.2, -0.15) is 4.31 Å². The Hall–Kier alpha value is -0.350. The van der Waals surface area contributed by atoms with Crippen molar-refractivity contribution in [1.82, 2.24) is 9.21 Å². The smallest absolute Gasteiger partial charge is 0.204 e. The van der Waals surface area contributed by atoms with Gasteiger partial charge in [-0.15, -0.1) is 0 Å². The highest BCUT2D eigenvalue weighted by molar-refractivity contribution is 7.89. The lowest BCUT2D eigenvalue weighted by Crippen LogP contribution is -2.18. The highest BCUT2D eigenvalue weighted by Crippen LogP contribution is 2.18. The molecule has 52 valence electrons. The molecule has 4 heteroatoms. The van der Waals surface area contributed by atoms with Gasteiger partial charge >= 0.3 is 0 Å². The third-order valence-corrected chi connectivity index (χ3v) is 2.84. The molecule has 0 radical (unpaired) electrons. The van der Waals surface area contributed by atoms with Crippen LogP contribution in [-0.4, -0.2) is 33.7 Å². The van der Waals surface area contributed by atoms with E-state index >= 15 is 0 Å². The number of rotatable bonds is 0. The summed E-state index contributed by atoms with van der Waals surface area (Å²) in [5, 5.41) is 0. The minimum atomic E-state index is -0.868. The Bertz CT molecular complexity index is 139. The molecule has 1 aliphatic rings. The molecule has 1 heterocycles. The summed E-state index contributed by atoms with van der Waals surface area (Å²) in [6.07, 6.45) is 0. The predicted molar refractivity (Wildman–Crippen MR) is 37.7 cm³/mol. The first-order chi connectivity index (χ1) is 4.13. The van der Waals surface area contributed by atoms with Crippen LogP contribution in [0.1, 0.15) is 0 Å². The average Bonchev–Trinajstić information content (AvgIpc) is 1.98. The van der Waals surface area contributed by atoms with E-state index in [2.05, 4.69) is 6.58 Å². The van der Waals surface area contributed by atoms with Crippen molar-refractivity contribution >= 4 is 11.4 Å². The van der Waals surface area contributed by atoms with E-state index in [1.807, 2.05) is 11.9 Å². The third kappa shape index (κ3) is 0.997. The minimum absolute atomic E-state index is 0.579. The van der Waals surface area contributed by atoms with E-state index < -0.39 is 11.4 Å². The van der Waals surface area contributed by atoms with Crippen molar-refractivity contribution in [3.05, 3.63) is 12.4 Å². The topological polar surface area (TPSA) is 29.5 Å². The van der Waals surface area contributed by atoms with E-state index in [-0.39, 0.29) is 0 Å². The normalized spacial score (nSPS) is 27.9. The summed E-state index contributed by atoms with van der Waals surface area (Å²) in [6, 6.07) is 0. The lowest BCUT2D eigenvalue weighted by Gasteiger charge is -2.10. The molecule has 3 nitrogen and oxygen atoms in total. The van der Waals surface area contributed by atoms with E-state index in [1.165, 1.54) is 0 Å². The molecule has 1 unspecified atom stereocenters. The molecule has 1 rings (SSSR count). The molecule has 0 N–H and O–H groups in total. The Labute approximate surface area is 58.3 Å². The fraction of sp³-hybridized carbons (Fsp3) is 0.600. The quantitative estimate of drug-likeness (QED) is 0.449. The third-order valence-electron chi connectivity index (χ3n) is 1.41. The fourth-order valence-electron chi connectivity index (χ4n) is 0.685. The van der Waals surface area contributed by atoms with Crippen molar-refractivity contribution in [3.8, 4) is 0 Å². The summed E-state index contributed by atoms with van der Waals surface area (Å²) in [7, 11) is 3.66. The molecule has 1 fully saturated rings. The highest BCUT2D eigenvalue weighted by atomic mass is 32.2. The number of hydrogen-bond acceptors (Lipinski definition) is 3. The molecular formula is C5H10N2OS. The monoisotopic (exact) mass is 146 g/mol. The van der Waals surface area contributed by atoms with Gasteiger partial charge in [-0.3, -0.25) is 0 Å². The Morgan fingerprint density at radius 3 is 2.33 bits per heavy atom. The summed E-state index contributed by atoms with van der Waals surface area (Å²) in [6.45, 7) is 3.73. The standard InChI is InChI=1S/C5H10N2OS/c1-5-6(2)4-9(8)7(5)3/h1,4H2,2-3H3. The Morgan fingerprint density at radius 2 is 2.22 bits per heavy atom. The van der Waals surface area contributed by atoms with Gasteiger partial charge < -0.3 is 9.45 Å². The van der Waals surface area contributed by atoms with Gasteiger partial charge in [0.15, 0.2) is 0 Å². The molecule has 0 aromatic carbocycles. The molecule has 0 amide bonds. The Morgan fingerprint density at radius 1 is 1.67 bits per heavy atom. The summed E-state index contributed by atoms with van der Waals surface area (Å²) in [5.41, 5.74) is 0. The van der Waals surface area contributed by atoms with Gasteiger partial charge in [0.05, 0.1) is 18.4 Å². The maximum Gasteiger partial charge on any atom is 0.204 e.